The van der Waals surface area contributed by atoms with Crippen LogP contribution >= 0.6 is 0 Å². The molecule has 1 aromatic heterocycles. The molecule has 6 heteroatoms. The molecule has 6 aliphatic rings. The predicted octanol–water partition coefficient (Wildman–Crippen LogP) is 2.79. The highest BCUT2D eigenvalue weighted by atomic mass is 16.6. The number of esters is 1. The van der Waals surface area contributed by atoms with Crippen LogP contribution in [0.5, 0.6) is 0 Å². The van der Waals surface area contributed by atoms with Crippen LogP contribution in [0.25, 0.3) is 0 Å². The van der Waals surface area contributed by atoms with E-state index in [1.807, 2.05) is 10.6 Å². The molecule has 0 unspecified atom stereocenters. The fraction of sp³-hybridized carbons (Fsp3) is 0.769. The van der Waals surface area contributed by atoms with Crippen LogP contribution in [-0.2, 0) is 20.8 Å². The first-order valence-electron chi connectivity index (χ1n) is 12.7. The fourth-order valence-electron chi connectivity index (χ4n) is 8.59. The molecule has 0 N–H and O–H groups in total. The lowest BCUT2D eigenvalue weighted by molar-refractivity contribution is -0.147. The predicted molar refractivity (Wildman–Crippen MR) is 118 cm³/mol. The summed E-state index contributed by atoms with van der Waals surface area (Å²) in [6.45, 7) is 6.87. The number of carbonyl (C=O) groups is 1. The Labute approximate surface area is 189 Å². The first-order valence-corrected chi connectivity index (χ1v) is 12.7. The molecular formula is C26H34N2O4. The molecule has 7 rings (SSSR count). The third kappa shape index (κ3) is 2.84. The van der Waals surface area contributed by atoms with Crippen LogP contribution in [-0.4, -0.2) is 53.4 Å². The number of epoxide rings is 1. The Morgan fingerprint density at radius 1 is 1.12 bits per heavy atom. The summed E-state index contributed by atoms with van der Waals surface area (Å²) >= 11 is 0. The van der Waals surface area contributed by atoms with Gasteiger partial charge in [-0.15, -0.1) is 0 Å². The summed E-state index contributed by atoms with van der Waals surface area (Å²) in [6.07, 6.45) is 7.00. The Balaban J connectivity index is 1.11. The van der Waals surface area contributed by atoms with Gasteiger partial charge in [0.05, 0.1) is 18.1 Å². The van der Waals surface area contributed by atoms with E-state index < -0.39 is 0 Å². The van der Waals surface area contributed by atoms with E-state index in [9.17, 15) is 9.59 Å². The molecule has 1 spiro atoms. The van der Waals surface area contributed by atoms with Gasteiger partial charge >= 0.3 is 5.97 Å². The van der Waals surface area contributed by atoms with E-state index in [4.69, 9.17) is 9.47 Å². The summed E-state index contributed by atoms with van der Waals surface area (Å²) in [5, 5.41) is 0. The van der Waals surface area contributed by atoms with E-state index in [2.05, 4.69) is 17.9 Å². The van der Waals surface area contributed by atoms with Gasteiger partial charge < -0.3 is 18.9 Å². The first kappa shape index (κ1) is 19.8. The number of hydrogen-bond donors (Lipinski definition) is 0. The van der Waals surface area contributed by atoms with Gasteiger partial charge in [0.2, 0.25) is 0 Å². The Hall–Kier alpha value is -1.66. The molecule has 1 aromatic rings. The van der Waals surface area contributed by atoms with E-state index in [0.29, 0.717) is 23.7 Å². The second-order valence-corrected chi connectivity index (χ2v) is 12.0. The molecule has 2 aliphatic carbocycles. The minimum absolute atomic E-state index is 0.0148. The first-order chi connectivity index (χ1) is 15.4. The highest BCUT2D eigenvalue weighted by Crippen LogP contribution is 2.62. The van der Waals surface area contributed by atoms with E-state index in [1.54, 1.807) is 6.07 Å². The number of likely N-dealkylation sites (tertiary alicyclic amines) is 1. The van der Waals surface area contributed by atoms with Gasteiger partial charge in [0.25, 0.3) is 5.56 Å². The molecule has 4 aliphatic heterocycles. The Kier molecular flexibility index (Phi) is 4.14. The number of fused-ring (bicyclic) bond motifs is 7. The molecular weight excluding hydrogens is 404 g/mol. The van der Waals surface area contributed by atoms with Gasteiger partial charge in [-0.25, -0.2) is 0 Å². The van der Waals surface area contributed by atoms with Gasteiger partial charge in [-0.1, -0.05) is 13.0 Å². The van der Waals surface area contributed by atoms with E-state index in [1.165, 1.54) is 25.0 Å². The van der Waals surface area contributed by atoms with Crippen molar-refractivity contribution in [1.82, 2.24) is 9.47 Å². The van der Waals surface area contributed by atoms with Crippen LogP contribution in [0, 0.1) is 29.1 Å². The molecule has 172 valence electrons. The molecule has 6 nitrogen and oxygen atoms in total. The largest absolute Gasteiger partial charge is 0.462 e. The zero-order chi connectivity index (χ0) is 21.7. The summed E-state index contributed by atoms with van der Waals surface area (Å²) < 4.78 is 14.1. The van der Waals surface area contributed by atoms with Crippen LogP contribution in [0.3, 0.4) is 0 Å². The standard InChI is InChI=1S/C26H34N2O4/c1-25-6-3-7-26(15-31-26)22(25)9-18-19(24(30)32-21(18)10-25)14-27-11-16-8-17(13-27)20-4-2-5-23(29)28(20)12-16/h2,4-5,16-19,21-22H,3,6-15H2,1H3/t16-,17-,18+,19+,21+,22+,25+,26-/m0/s1. The van der Waals surface area contributed by atoms with Crippen LogP contribution in [0.2, 0.25) is 0 Å². The Morgan fingerprint density at radius 2 is 2.00 bits per heavy atom. The topological polar surface area (TPSA) is 64.1 Å². The molecule has 2 bridgehead atoms. The van der Waals surface area contributed by atoms with Crippen molar-refractivity contribution < 1.29 is 14.3 Å². The highest BCUT2D eigenvalue weighted by Gasteiger charge is 2.65. The van der Waals surface area contributed by atoms with Crippen molar-refractivity contribution in [2.75, 3.05) is 26.2 Å². The number of ether oxygens (including phenoxy) is 2. The normalized spacial score (nSPS) is 46.8. The maximum absolute atomic E-state index is 13.1. The maximum atomic E-state index is 13.1. The number of piperidine rings is 1. The van der Waals surface area contributed by atoms with Crippen LogP contribution in [0.1, 0.15) is 57.1 Å². The lowest BCUT2D eigenvalue weighted by Crippen LogP contribution is -2.52. The van der Waals surface area contributed by atoms with E-state index >= 15 is 0 Å². The molecule has 5 fully saturated rings. The van der Waals surface area contributed by atoms with E-state index in [0.717, 1.165) is 52.0 Å². The summed E-state index contributed by atoms with van der Waals surface area (Å²) in [5.41, 5.74) is 1.66. The molecule has 0 radical (unpaired) electrons. The molecule has 0 amide bonds. The van der Waals surface area contributed by atoms with Gasteiger partial charge in [0, 0.05) is 49.8 Å². The quantitative estimate of drug-likeness (QED) is 0.525. The van der Waals surface area contributed by atoms with Gasteiger partial charge in [-0.2, -0.15) is 0 Å². The number of rotatable bonds is 2. The third-order valence-corrected chi connectivity index (χ3v) is 10.1. The maximum Gasteiger partial charge on any atom is 0.310 e. The van der Waals surface area contributed by atoms with Crippen LogP contribution in [0.4, 0.5) is 0 Å². The zero-order valence-corrected chi connectivity index (χ0v) is 19.0. The van der Waals surface area contributed by atoms with Gasteiger partial charge in [-0.3, -0.25) is 9.59 Å². The monoisotopic (exact) mass is 438 g/mol. The molecule has 5 heterocycles. The second kappa shape index (κ2) is 6.69. The minimum atomic E-state index is -0.0148. The fourth-order valence-corrected chi connectivity index (χ4v) is 8.59. The van der Waals surface area contributed by atoms with Crippen molar-refractivity contribution in [2.24, 2.45) is 29.1 Å². The van der Waals surface area contributed by atoms with Gasteiger partial charge in [-0.05, 0) is 61.8 Å². The average Bonchev–Trinajstić information content (AvgIpc) is 3.46. The van der Waals surface area contributed by atoms with Crippen molar-refractivity contribution in [3.8, 4) is 0 Å². The number of aromatic nitrogens is 1. The summed E-state index contributed by atoms with van der Waals surface area (Å²) in [5.74, 6) is 1.80. The molecule has 8 atom stereocenters. The highest BCUT2D eigenvalue weighted by molar-refractivity contribution is 5.75. The SMILES string of the molecule is C[C@]12CCC[C@]3(CO3)[C@@H]1C[C@H]1[C@@H](C2)OC(=O)[C@@H]1CN1C[C@@H]2C[C@@H](C1)c1cccc(=O)n1C2. The average molecular weight is 439 g/mol. The van der Waals surface area contributed by atoms with Crippen molar-refractivity contribution in [3.63, 3.8) is 0 Å². The second-order valence-electron chi connectivity index (χ2n) is 12.0. The zero-order valence-electron chi connectivity index (χ0n) is 19.0. The third-order valence-electron chi connectivity index (χ3n) is 10.1. The smallest absolute Gasteiger partial charge is 0.310 e. The van der Waals surface area contributed by atoms with Gasteiger partial charge in [0.1, 0.15) is 6.10 Å². The van der Waals surface area contributed by atoms with Crippen molar-refractivity contribution in [1.29, 1.82) is 0 Å². The Bertz CT molecular complexity index is 1020. The molecule has 32 heavy (non-hydrogen) atoms. The molecule has 0 aromatic carbocycles. The number of pyridine rings is 1. The number of hydrogen-bond acceptors (Lipinski definition) is 5. The van der Waals surface area contributed by atoms with E-state index in [-0.39, 0.29) is 34.6 Å². The van der Waals surface area contributed by atoms with Crippen molar-refractivity contribution >= 4 is 5.97 Å². The number of nitrogens with zero attached hydrogens (tertiary/aromatic N) is 2. The summed E-state index contributed by atoms with van der Waals surface area (Å²) in [7, 11) is 0. The minimum Gasteiger partial charge on any atom is -0.462 e. The molecule has 3 saturated heterocycles. The van der Waals surface area contributed by atoms with Gasteiger partial charge in [0.15, 0.2) is 0 Å². The lowest BCUT2D eigenvalue weighted by Gasteiger charge is -2.52. The summed E-state index contributed by atoms with van der Waals surface area (Å²) in [4.78, 5) is 27.9. The lowest BCUT2D eigenvalue weighted by atomic mass is 9.53. The van der Waals surface area contributed by atoms with Crippen molar-refractivity contribution in [2.45, 2.75) is 69.6 Å². The van der Waals surface area contributed by atoms with Crippen LogP contribution < -0.4 is 5.56 Å². The molecule has 2 saturated carbocycles. The van der Waals surface area contributed by atoms with Crippen LogP contribution in [0.15, 0.2) is 23.0 Å². The summed E-state index contributed by atoms with van der Waals surface area (Å²) in [6, 6.07) is 5.69. The number of carbonyl (C=O) groups excluding carboxylic acids is 1. The Morgan fingerprint density at radius 3 is 2.84 bits per heavy atom. The van der Waals surface area contributed by atoms with Crippen molar-refractivity contribution in [3.05, 3.63) is 34.2 Å².